The highest BCUT2D eigenvalue weighted by molar-refractivity contribution is 4.97. The zero-order valence-corrected chi connectivity index (χ0v) is 18.9. The molecule has 0 aromatic carbocycles. The minimum Gasteiger partial charge on any atom is -0.392 e. The van der Waals surface area contributed by atoms with Gasteiger partial charge in [-0.05, 0) is 89.4 Å². The van der Waals surface area contributed by atoms with Crippen LogP contribution in [-0.2, 0) is 0 Å². The Morgan fingerprint density at radius 2 is 1.37 bits per heavy atom. The first-order valence-corrected chi connectivity index (χ1v) is 13.1. The maximum absolute atomic E-state index is 11.4. The first kappa shape index (κ1) is 21.6. The molecule has 5 fully saturated rings. The Bertz CT molecular complexity index is 506. The van der Waals surface area contributed by atoms with Gasteiger partial charge in [-0.3, -0.25) is 10.6 Å². The SMILES string of the molecule is OC1C(CN2CCCC2)CC(NC2NCNC3CCCCC32)CC1CN1CCCC1. The molecule has 5 unspecified atom stereocenters. The van der Waals surface area contributed by atoms with Crippen LogP contribution in [0, 0.1) is 17.8 Å². The van der Waals surface area contributed by atoms with Crippen molar-refractivity contribution in [3.8, 4) is 0 Å². The largest absolute Gasteiger partial charge is 0.392 e. The summed E-state index contributed by atoms with van der Waals surface area (Å²) in [4.78, 5) is 5.23. The summed E-state index contributed by atoms with van der Waals surface area (Å²) in [5.41, 5.74) is 0. The van der Waals surface area contributed by atoms with Crippen molar-refractivity contribution in [2.24, 2.45) is 17.8 Å². The lowest BCUT2D eigenvalue weighted by Gasteiger charge is -2.47. The van der Waals surface area contributed by atoms with Gasteiger partial charge in [-0.2, -0.15) is 0 Å². The molecule has 0 aromatic heterocycles. The van der Waals surface area contributed by atoms with Gasteiger partial charge in [-0.1, -0.05) is 12.8 Å². The van der Waals surface area contributed by atoms with Gasteiger partial charge in [0.15, 0.2) is 0 Å². The first-order chi connectivity index (χ1) is 14.8. The number of hydrogen-bond donors (Lipinski definition) is 4. The molecule has 0 amide bonds. The Hall–Kier alpha value is -0.240. The Morgan fingerprint density at radius 1 is 0.767 bits per heavy atom. The molecule has 3 heterocycles. The van der Waals surface area contributed by atoms with Gasteiger partial charge in [0.2, 0.25) is 0 Å². The number of nitrogens with zero attached hydrogens (tertiary/aromatic N) is 2. The van der Waals surface area contributed by atoms with Gasteiger partial charge < -0.3 is 20.2 Å². The average molecular weight is 420 g/mol. The van der Waals surface area contributed by atoms with Crippen molar-refractivity contribution in [2.45, 2.75) is 88.6 Å². The van der Waals surface area contributed by atoms with Gasteiger partial charge in [0.25, 0.3) is 0 Å². The molecule has 5 aliphatic rings. The highest BCUT2D eigenvalue weighted by Crippen LogP contribution is 2.34. The second kappa shape index (κ2) is 10.1. The fourth-order valence-corrected chi connectivity index (χ4v) is 7.29. The van der Waals surface area contributed by atoms with E-state index in [1.165, 1.54) is 77.5 Å². The van der Waals surface area contributed by atoms with E-state index >= 15 is 0 Å². The summed E-state index contributed by atoms with van der Waals surface area (Å²) in [5, 5.41) is 22.9. The lowest BCUT2D eigenvalue weighted by atomic mass is 9.74. The monoisotopic (exact) mass is 419 g/mol. The van der Waals surface area contributed by atoms with Crippen LogP contribution < -0.4 is 16.0 Å². The van der Waals surface area contributed by atoms with Crippen LogP contribution in [0.25, 0.3) is 0 Å². The number of aliphatic hydroxyl groups is 1. The van der Waals surface area contributed by atoms with E-state index in [2.05, 4.69) is 25.8 Å². The Kier molecular flexibility index (Phi) is 7.30. The van der Waals surface area contributed by atoms with Gasteiger partial charge in [-0.15, -0.1) is 0 Å². The van der Waals surface area contributed by atoms with Gasteiger partial charge >= 0.3 is 0 Å². The standard InChI is InChI=1S/C24H45N5O/c30-23-18(15-28-9-3-4-10-28)13-20(14-19(23)16-29-11-5-6-12-29)27-24-21-7-1-2-8-22(21)25-17-26-24/h18-27,30H,1-17H2. The minimum atomic E-state index is -0.132. The highest BCUT2D eigenvalue weighted by Gasteiger charge is 2.41. The lowest BCUT2D eigenvalue weighted by molar-refractivity contribution is -0.0229. The van der Waals surface area contributed by atoms with Crippen molar-refractivity contribution >= 4 is 0 Å². The summed E-state index contributed by atoms with van der Waals surface area (Å²) in [6, 6.07) is 1.22. The predicted octanol–water partition coefficient (Wildman–Crippen LogP) is 1.56. The lowest BCUT2D eigenvalue weighted by Crippen LogP contribution is -2.65. The van der Waals surface area contributed by atoms with Crippen molar-refractivity contribution in [1.82, 2.24) is 25.8 Å². The molecule has 4 N–H and O–H groups in total. The fourth-order valence-electron chi connectivity index (χ4n) is 7.29. The summed E-state index contributed by atoms with van der Waals surface area (Å²) in [5.74, 6) is 1.56. The summed E-state index contributed by atoms with van der Waals surface area (Å²) in [6.07, 6.45) is 13.4. The van der Waals surface area contributed by atoms with Crippen molar-refractivity contribution in [3.05, 3.63) is 0 Å². The van der Waals surface area contributed by atoms with Gasteiger partial charge in [-0.25, -0.2) is 0 Å². The highest BCUT2D eigenvalue weighted by atomic mass is 16.3. The van der Waals surface area contributed by atoms with Crippen LogP contribution in [0.1, 0.15) is 64.2 Å². The van der Waals surface area contributed by atoms with Gasteiger partial charge in [0.05, 0.1) is 12.3 Å². The number of fused-ring (bicyclic) bond motifs is 1. The van der Waals surface area contributed by atoms with Crippen LogP contribution in [0.5, 0.6) is 0 Å². The van der Waals surface area contributed by atoms with Crippen LogP contribution >= 0.6 is 0 Å². The molecule has 5 atom stereocenters. The van der Waals surface area contributed by atoms with Crippen LogP contribution in [0.15, 0.2) is 0 Å². The molecule has 30 heavy (non-hydrogen) atoms. The van der Waals surface area contributed by atoms with Crippen molar-refractivity contribution in [2.75, 3.05) is 45.9 Å². The third-order valence-electron chi connectivity index (χ3n) is 8.87. The third-order valence-corrected chi connectivity index (χ3v) is 8.87. The van der Waals surface area contributed by atoms with E-state index in [9.17, 15) is 5.11 Å². The molecule has 3 aliphatic heterocycles. The van der Waals surface area contributed by atoms with Crippen LogP contribution in [0.4, 0.5) is 0 Å². The summed E-state index contributed by atoms with van der Waals surface area (Å²) in [7, 11) is 0. The third kappa shape index (κ3) is 5.05. The quantitative estimate of drug-likeness (QED) is 0.524. The molecule has 0 bridgehead atoms. The van der Waals surface area contributed by atoms with Crippen molar-refractivity contribution in [1.29, 1.82) is 0 Å². The first-order valence-electron chi connectivity index (χ1n) is 13.1. The Labute approximate surface area is 183 Å². The Morgan fingerprint density at radius 3 is 2.00 bits per heavy atom. The van der Waals surface area contributed by atoms with E-state index in [0.29, 0.717) is 36.0 Å². The molecule has 0 aromatic rings. The van der Waals surface area contributed by atoms with E-state index in [-0.39, 0.29) is 6.10 Å². The number of nitrogens with one attached hydrogen (secondary N) is 3. The molecule has 2 aliphatic carbocycles. The second-order valence-electron chi connectivity index (χ2n) is 11.0. The van der Waals surface area contributed by atoms with Crippen LogP contribution in [0.3, 0.4) is 0 Å². The maximum atomic E-state index is 11.4. The molecule has 3 saturated heterocycles. The maximum Gasteiger partial charge on any atom is 0.0627 e. The van der Waals surface area contributed by atoms with Crippen LogP contribution in [-0.4, -0.2) is 85.2 Å². The van der Waals surface area contributed by atoms with E-state index in [1.807, 2.05) is 0 Å². The molecule has 2 saturated carbocycles. The zero-order chi connectivity index (χ0) is 20.3. The summed E-state index contributed by atoms with van der Waals surface area (Å²) >= 11 is 0. The summed E-state index contributed by atoms with van der Waals surface area (Å²) in [6.45, 7) is 8.07. The minimum absolute atomic E-state index is 0.132. The molecule has 0 spiro atoms. The Balaban J connectivity index is 1.25. The van der Waals surface area contributed by atoms with E-state index < -0.39 is 0 Å². The summed E-state index contributed by atoms with van der Waals surface area (Å²) < 4.78 is 0. The normalized spacial score (nSPS) is 43.7. The molecule has 172 valence electrons. The topological polar surface area (TPSA) is 62.8 Å². The number of aliphatic hydroxyl groups excluding tert-OH is 1. The number of hydrogen-bond acceptors (Lipinski definition) is 6. The van der Waals surface area contributed by atoms with E-state index in [0.717, 1.165) is 32.6 Å². The number of rotatable bonds is 6. The van der Waals surface area contributed by atoms with E-state index in [1.54, 1.807) is 0 Å². The predicted molar refractivity (Wildman–Crippen MR) is 121 cm³/mol. The molecular formula is C24H45N5O. The smallest absolute Gasteiger partial charge is 0.0627 e. The zero-order valence-electron chi connectivity index (χ0n) is 18.9. The van der Waals surface area contributed by atoms with Crippen molar-refractivity contribution < 1.29 is 5.11 Å². The van der Waals surface area contributed by atoms with Crippen molar-refractivity contribution in [3.63, 3.8) is 0 Å². The molecule has 0 radical (unpaired) electrons. The molecule has 6 nitrogen and oxygen atoms in total. The fraction of sp³-hybridized carbons (Fsp3) is 1.00. The van der Waals surface area contributed by atoms with Crippen LogP contribution in [0.2, 0.25) is 0 Å². The van der Waals surface area contributed by atoms with Gasteiger partial charge in [0.1, 0.15) is 0 Å². The average Bonchev–Trinajstić information content (AvgIpc) is 3.46. The molecule has 6 heteroatoms. The molecule has 5 rings (SSSR count). The second-order valence-corrected chi connectivity index (χ2v) is 11.0. The molecular weight excluding hydrogens is 374 g/mol. The van der Waals surface area contributed by atoms with E-state index in [4.69, 9.17) is 0 Å². The van der Waals surface area contributed by atoms with Gasteiger partial charge in [0, 0.05) is 37.8 Å². The number of likely N-dealkylation sites (tertiary alicyclic amines) is 2.